The van der Waals surface area contributed by atoms with E-state index in [1.54, 1.807) is 12.4 Å². The van der Waals surface area contributed by atoms with Gasteiger partial charge in [0.15, 0.2) is 5.69 Å². The fourth-order valence-corrected chi connectivity index (χ4v) is 2.76. The molecule has 1 aliphatic rings. The number of pyridine rings is 1. The molecule has 1 saturated heterocycles. The lowest BCUT2D eigenvalue weighted by Gasteiger charge is -2.14. The van der Waals surface area contributed by atoms with Crippen LogP contribution in [0, 0.1) is 5.92 Å². The first-order valence-corrected chi connectivity index (χ1v) is 7.24. The smallest absolute Gasteiger partial charge is 0.279 e. The van der Waals surface area contributed by atoms with Gasteiger partial charge in [-0.25, -0.2) is 8.78 Å². The van der Waals surface area contributed by atoms with Crippen molar-refractivity contribution in [1.29, 1.82) is 0 Å². The summed E-state index contributed by atoms with van der Waals surface area (Å²) in [6, 6.07) is 4.77. The lowest BCUT2D eigenvalue weighted by atomic mass is 9.97. The number of aromatic amines is 1. The van der Waals surface area contributed by atoms with Crippen molar-refractivity contribution >= 4 is 5.91 Å². The summed E-state index contributed by atoms with van der Waals surface area (Å²) in [7, 11) is 0. The number of amides is 1. The number of rotatable bonds is 4. The monoisotopic (exact) mass is 322 g/mol. The van der Waals surface area contributed by atoms with Gasteiger partial charge in [0.2, 0.25) is 0 Å². The Hall–Kier alpha value is -2.35. The standard InChI is InChI=1S/C15H16F2N4O2/c16-14(17)11-6-12(20-19-11)15(23)21-7-10(13(22)8-21)5-9-1-3-18-4-2-9/h1-4,6,10,13-14,22H,5,7-8H2,(H,19,20)/t10-,13-/m1/s1. The van der Waals surface area contributed by atoms with E-state index in [-0.39, 0.29) is 23.9 Å². The Bertz CT molecular complexity index is 677. The molecule has 0 saturated carbocycles. The van der Waals surface area contributed by atoms with Crippen molar-refractivity contribution in [2.24, 2.45) is 5.92 Å². The molecule has 0 aliphatic carbocycles. The number of carbonyl (C=O) groups excluding carboxylic acids is 1. The number of aliphatic hydroxyl groups is 1. The number of likely N-dealkylation sites (tertiary alicyclic amines) is 1. The van der Waals surface area contributed by atoms with E-state index in [1.807, 2.05) is 12.1 Å². The highest BCUT2D eigenvalue weighted by Crippen LogP contribution is 2.24. The van der Waals surface area contributed by atoms with Crippen LogP contribution in [0.5, 0.6) is 0 Å². The predicted octanol–water partition coefficient (Wildman–Crippen LogP) is 1.42. The van der Waals surface area contributed by atoms with Gasteiger partial charge in [-0.3, -0.25) is 14.9 Å². The molecule has 0 unspecified atom stereocenters. The molecule has 2 aromatic heterocycles. The molecule has 1 fully saturated rings. The average Bonchev–Trinajstić information content (AvgIpc) is 3.16. The van der Waals surface area contributed by atoms with Gasteiger partial charge in [-0.15, -0.1) is 0 Å². The van der Waals surface area contributed by atoms with Crippen LogP contribution < -0.4 is 0 Å². The van der Waals surface area contributed by atoms with Gasteiger partial charge in [0.1, 0.15) is 5.69 Å². The number of aromatic nitrogens is 3. The first-order valence-electron chi connectivity index (χ1n) is 7.24. The molecule has 0 bridgehead atoms. The minimum Gasteiger partial charge on any atom is -0.391 e. The number of carbonyl (C=O) groups is 1. The highest BCUT2D eigenvalue weighted by Gasteiger charge is 2.35. The third-order valence-corrected chi connectivity index (χ3v) is 3.99. The molecular formula is C15H16F2N4O2. The summed E-state index contributed by atoms with van der Waals surface area (Å²) in [5.41, 5.74) is 0.580. The van der Waals surface area contributed by atoms with Crippen LogP contribution >= 0.6 is 0 Å². The number of halogens is 2. The summed E-state index contributed by atoms with van der Waals surface area (Å²) in [5, 5.41) is 15.9. The van der Waals surface area contributed by atoms with Gasteiger partial charge < -0.3 is 10.0 Å². The molecule has 3 heterocycles. The minimum absolute atomic E-state index is 0.0583. The van der Waals surface area contributed by atoms with Crippen molar-refractivity contribution in [2.45, 2.75) is 19.0 Å². The van der Waals surface area contributed by atoms with Crippen molar-refractivity contribution in [1.82, 2.24) is 20.1 Å². The second-order valence-corrected chi connectivity index (χ2v) is 5.61. The molecule has 8 heteroatoms. The van der Waals surface area contributed by atoms with Crippen molar-refractivity contribution in [2.75, 3.05) is 13.1 Å². The van der Waals surface area contributed by atoms with Crippen molar-refractivity contribution in [3.8, 4) is 0 Å². The summed E-state index contributed by atoms with van der Waals surface area (Å²) in [4.78, 5) is 17.7. The summed E-state index contributed by atoms with van der Waals surface area (Å²) in [6.45, 7) is 0.532. The highest BCUT2D eigenvalue weighted by molar-refractivity contribution is 5.92. The zero-order chi connectivity index (χ0) is 16.4. The number of hydrogen-bond donors (Lipinski definition) is 2. The predicted molar refractivity (Wildman–Crippen MR) is 76.9 cm³/mol. The fourth-order valence-electron chi connectivity index (χ4n) is 2.76. The van der Waals surface area contributed by atoms with E-state index < -0.39 is 18.4 Å². The van der Waals surface area contributed by atoms with Gasteiger partial charge in [0.05, 0.1) is 6.10 Å². The van der Waals surface area contributed by atoms with Crippen molar-refractivity contribution in [3.05, 3.63) is 47.5 Å². The van der Waals surface area contributed by atoms with Gasteiger partial charge in [0, 0.05) is 31.4 Å². The van der Waals surface area contributed by atoms with E-state index in [2.05, 4.69) is 15.2 Å². The molecule has 0 radical (unpaired) electrons. The molecule has 3 rings (SSSR count). The zero-order valence-electron chi connectivity index (χ0n) is 12.2. The first-order chi connectivity index (χ1) is 11.0. The molecule has 0 aromatic carbocycles. The maximum absolute atomic E-state index is 12.5. The molecule has 23 heavy (non-hydrogen) atoms. The van der Waals surface area contributed by atoms with E-state index in [9.17, 15) is 18.7 Å². The molecule has 2 aromatic rings. The van der Waals surface area contributed by atoms with Gasteiger partial charge in [-0.05, 0) is 30.2 Å². The number of hydrogen-bond acceptors (Lipinski definition) is 4. The van der Waals surface area contributed by atoms with Gasteiger partial charge in [-0.2, -0.15) is 5.10 Å². The lowest BCUT2D eigenvalue weighted by Crippen LogP contribution is -2.29. The molecule has 0 spiro atoms. The van der Waals surface area contributed by atoms with E-state index in [4.69, 9.17) is 0 Å². The number of alkyl halides is 2. The van der Waals surface area contributed by atoms with Crippen LogP contribution in [0.15, 0.2) is 30.6 Å². The van der Waals surface area contributed by atoms with E-state index in [0.29, 0.717) is 13.0 Å². The largest absolute Gasteiger partial charge is 0.391 e. The van der Waals surface area contributed by atoms with Crippen LogP contribution in [0.1, 0.15) is 28.2 Å². The third kappa shape index (κ3) is 3.37. The maximum Gasteiger partial charge on any atom is 0.279 e. The van der Waals surface area contributed by atoms with Crippen LogP contribution in [-0.2, 0) is 6.42 Å². The van der Waals surface area contributed by atoms with Crippen LogP contribution in [0.4, 0.5) is 8.78 Å². The van der Waals surface area contributed by atoms with Crippen molar-refractivity contribution < 1.29 is 18.7 Å². The zero-order valence-corrected chi connectivity index (χ0v) is 12.2. The quantitative estimate of drug-likeness (QED) is 0.892. The van der Waals surface area contributed by atoms with Gasteiger partial charge >= 0.3 is 0 Å². The summed E-state index contributed by atoms with van der Waals surface area (Å²) >= 11 is 0. The van der Waals surface area contributed by atoms with E-state index >= 15 is 0 Å². The Balaban J connectivity index is 1.66. The number of aliphatic hydroxyl groups excluding tert-OH is 1. The Morgan fingerprint density at radius 3 is 2.78 bits per heavy atom. The second-order valence-electron chi connectivity index (χ2n) is 5.61. The number of β-amino-alcohol motifs (C(OH)–C–C–N with tert-alkyl or cyclic N) is 1. The molecule has 1 amide bonds. The number of nitrogens with zero attached hydrogens (tertiary/aromatic N) is 3. The Morgan fingerprint density at radius 2 is 2.13 bits per heavy atom. The molecule has 6 nitrogen and oxygen atoms in total. The number of H-pyrrole nitrogens is 1. The summed E-state index contributed by atoms with van der Waals surface area (Å²) < 4.78 is 25.1. The fraction of sp³-hybridized carbons (Fsp3) is 0.400. The van der Waals surface area contributed by atoms with Gasteiger partial charge in [-0.1, -0.05) is 0 Å². The SMILES string of the molecule is O=C(c1cc(C(F)F)[nH]n1)N1C[C@@H](Cc2ccncc2)[C@H](O)C1. The molecular weight excluding hydrogens is 306 g/mol. The normalized spacial score (nSPS) is 21.1. The van der Waals surface area contributed by atoms with Crippen LogP contribution in [-0.4, -0.2) is 50.3 Å². The van der Waals surface area contributed by atoms with Crippen LogP contribution in [0.25, 0.3) is 0 Å². The number of nitrogens with one attached hydrogen (secondary N) is 1. The topological polar surface area (TPSA) is 82.1 Å². The first kappa shape index (κ1) is 15.5. The summed E-state index contributed by atoms with van der Waals surface area (Å²) in [5.74, 6) is -0.556. The van der Waals surface area contributed by atoms with Crippen LogP contribution in [0.2, 0.25) is 0 Å². The molecule has 2 N–H and O–H groups in total. The average molecular weight is 322 g/mol. The molecule has 2 atom stereocenters. The minimum atomic E-state index is -2.70. The maximum atomic E-state index is 12.5. The Kier molecular flexibility index (Phi) is 4.33. The lowest BCUT2D eigenvalue weighted by molar-refractivity contribution is 0.0759. The highest BCUT2D eigenvalue weighted by atomic mass is 19.3. The van der Waals surface area contributed by atoms with E-state index in [1.165, 1.54) is 4.90 Å². The molecule has 122 valence electrons. The van der Waals surface area contributed by atoms with Crippen molar-refractivity contribution in [3.63, 3.8) is 0 Å². The van der Waals surface area contributed by atoms with Crippen LogP contribution in [0.3, 0.4) is 0 Å². The Labute approximate surface area is 131 Å². The Morgan fingerprint density at radius 1 is 1.39 bits per heavy atom. The second kappa shape index (κ2) is 6.41. The molecule has 1 aliphatic heterocycles. The third-order valence-electron chi connectivity index (χ3n) is 3.99. The van der Waals surface area contributed by atoms with Gasteiger partial charge in [0.25, 0.3) is 12.3 Å². The summed E-state index contributed by atoms with van der Waals surface area (Å²) in [6.07, 6.45) is 0.619. The van der Waals surface area contributed by atoms with E-state index in [0.717, 1.165) is 11.6 Å².